The number of nitrogens with one attached hydrogen (secondary N) is 3. The standard InChI is InChI=1S/C23H24ClN5O4S/c1-25-22(30)13-29-11-15-3-5-16(24)7-18(15)20(12-29)23(31)27-21-10-26-9-14-4-6-17(8-19(14)21)28-34(2,32)33/h3-10,20,28H,11-13H2,1-2H3,(H,25,30)(H,27,31). The van der Waals surface area contributed by atoms with E-state index < -0.39 is 15.9 Å². The molecule has 1 aliphatic heterocycles. The number of carbonyl (C=O) groups is 2. The smallest absolute Gasteiger partial charge is 0.233 e. The number of anilines is 2. The molecule has 0 aliphatic carbocycles. The Morgan fingerprint density at radius 1 is 1.18 bits per heavy atom. The summed E-state index contributed by atoms with van der Waals surface area (Å²) in [5.74, 6) is -0.985. The van der Waals surface area contributed by atoms with E-state index in [2.05, 4.69) is 20.3 Å². The number of benzene rings is 2. The molecule has 1 atom stereocenters. The zero-order valence-corrected chi connectivity index (χ0v) is 20.2. The maximum Gasteiger partial charge on any atom is 0.233 e. The number of aromatic nitrogens is 1. The number of sulfonamides is 1. The third-order valence-electron chi connectivity index (χ3n) is 5.60. The molecule has 11 heteroatoms. The van der Waals surface area contributed by atoms with Crippen LogP contribution in [0.15, 0.2) is 48.8 Å². The summed E-state index contributed by atoms with van der Waals surface area (Å²) in [6.45, 7) is 1.03. The SMILES string of the molecule is CNC(=O)CN1Cc2ccc(Cl)cc2C(C(=O)Nc2cncc3ccc(NS(C)(=O)=O)cc23)C1. The minimum absolute atomic E-state index is 0.138. The molecule has 178 valence electrons. The molecule has 0 spiro atoms. The van der Waals surface area contributed by atoms with Crippen LogP contribution in [0.25, 0.3) is 10.8 Å². The van der Waals surface area contributed by atoms with E-state index in [1.807, 2.05) is 11.0 Å². The van der Waals surface area contributed by atoms with Crippen LogP contribution < -0.4 is 15.4 Å². The molecular weight excluding hydrogens is 478 g/mol. The molecule has 0 bridgehead atoms. The number of pyridine rings is 1. The molecular formula is C23H24ClN5O4S. The third kappa shape index (κ3) is 5.46. The van der Waals surface area contributed by atoms with Gasteiger partial charge < -0.3 is 10.6 Å². The number of amides is 2. The lowest BCUT2D eigenvalue weighted by molar-refractivity contribution is -0.123. The molecule has 0 radical (unpaired) electrons. The van der Waals surface area contributed by atoms with Crippen LogP contribution in [-0.2, 0) is 26.2 Å². The molecule has 9 nitrogen and oxygen atoms in total. The summed E-state index contributed by atoms with van der Waals surface area (Å²) in [7, 11) is -1.88. The van der Waals surface area contributed by atoms with Gasteiger partial charge in [0.15, 0.2) is 0 Å². The third-order valence-corrected chi connectivity index (χ3v) is 6.44. The highest BCUT2D eigenvalue weighted by molar-refractivity contribution is 7.92. The predicted octanol–water partition coefficient (Wildman–Crippen LogP) is 2.54. The van der Waals surface area contributed by atoms with Gasteiger partial charge in [0.2, 0.25) is 21.8 Å². The van der Waals surface area contributed by atoms with E-state index in [1.54, 1.807) is 43.6 Å². The summed E-state index contributed by atoms with van der Waals surface area (Å²) in [4.78, 5) is 31.6. The van der Waals surface area contributed by atoms with E-state index in [-0.39, 0.29) is 18.4 Å². The van der Waals surface area contributed by atoms with E-state index in [0.717, 1.165) is 22.8 Å². The van der Waals surface area contributed by atoms with Crippen molar-refractivity contribution in [3.05, 3.63) is 64.9 Å². The molecule has 3 aromatic rings. The Morgan fingerprint density at radius 2 is 1.97 bits per heavy atom. The van der Waals surface area contributed by atoms with E-state index in [0.29, 0.717) is 34.9 Å². The van der Waals surface area contributed by atoms with Crippen molar-refractivity contribution in [2.45, 2.75) is 12.5 Å². The molecule has 2 heterocycles. The Labute approximate surface area is 202 Å². The Morgan fingerprint density at radius 3 is 2.71 bits per heavy atom. The van der Waals surface area contributed by atoms with Gasteiger partial charge in [0.1, 0.15) is 0 Å². The molecule has 1 unspecified atom stereocenters. The zero-order chi connectivity index (χ0) is 24.5. The van der Waals surface area contributed by atoms with Crippen molar-refractivity contribution >= 4 is 55.6 Å². The normalized spacial score (nSPS) is 16.0. The van der Waals surface area contributed by atoms with Gasteiger partial charge in [-0.1, -0.05) is 23.7 Å². The van der Waals surface area contributed by atoms with Crippen molar-refractivity contribution in [2.75, 3.05) is 36.4 Å². The van der Waals surface area contributed by atoms with Crippen LogP contribution in [0.4, 0.5) is 11.4 Å². The topological polar surface area (TPSA) is 120 Å². The maximum atomic E-state index is 13.5. The fourth-order valence-electron chi connectivity index (χ4n) is 4.08. The van der Waals surface area contributed by atoms with E-state index >= 15 is 0 Å². The first kappa shape index (κ1) is 23.9. The minimum Gasteiger partial charge on any atom is -0.358 e. The summed E-state index contributed by atoms with van der Waals surface area (Å²) in [6, 6.07) is 10.4. The van der Waals surface area contributed by atoms with Gasteiger partial charge in [0.25, 0.3) is 0 Å². The number of hydrogen-bond acceptors (Lipinski definition) is 6. The zero-order valence-electron chi connectivity index (χ0n) is 18.6. The van der Waals surface area contributed by atoms with Crippen LogP contribution in [0.1, 0.15) is 17.0 Å². The highest BCUT2D eigenvalue weighted by atomic mass is 35.5. The molecule has 4 rings (SSSR count). The van der Waals surface area contributed by atoms with Gasteiger partial charge in [-0.05, 0) is 35.4 Å². The van der Waals surface area contributed by atoms with Crippen molar-refractivity contribution < 1.29 is 18.0 Å². The molecule has 2 aromatic carbocycles. The highest BCUT2D eigenvalue weighted by Gasteiger charge is 2.31. The van der Waals surface area contributed by atoms with Crippen molar-refractivity contribution in [2.24, 2.45) is 0 Å². The number of hydrogen-bond donors (Lipinski definition) is 3. The Balaban J connectivity index is 1.66. The van der Waals surface area contributed by atoms with Gasteiger partial charge >= 0.3 is 0 Å². The lowest BCUT2D eigenvalue weighted by Crippen LogP contribution is -2.43. The van der Waals surface area contributed by atoms with Crippen molar-refractivity contribution in [1.82, 2.24) is 15.2 Å². The Kier molecular flexibility index (Phi) is 6.74. The quantitative estimate of drug-likeness (QED) is 0.477. The molecule has 3 N–H and O–H groups in total. The molecule has 34 heavy (non-hydrogen) atoms. The Bertz CT molecular complexity index is 1380. The molecule has 0 fully saturated rings. The van der Waals surface area contributed by atoms with Crippen LogP contribution in [0.3, 0.4) is 0 Å². The minimum atomic E-state index is -3.46. The first-order valence-electron chi connectivity index (χ1n) is 10.5. The predicted molar refractivity (Wildman–Crippen MR) is 132 cm³/mol. The summed E-state index contributed by atoms with van der Waals surface area (Å²) in [5, 5.41) is 7.46. The number of likely N-dealkylation sites (N-methyl/N-ethyl adjacent to an activating group) is 1. The summed E-state index contributed by atoms with van der Waals surface area (Å²) in [6.07, 6.45) is 4.23. The van der Waals surface area contributed by atoms with Crippen LogP contribution in [0.5, 0.6) is 0 Å². The maximum absolute atomic E-state index is 13.5. The summed E-state index contributed by atoms with van der Waals surface area (Å²) in [5.41, 5.74) is 2.57. The second kappa shape index (κ2) is 9.57. The van der Waals surface area contributed by atoms with Crippen LogP contribution in [0.2, 0.25) is 5.02 Å². The van der Waals surface area contributed by atoms with Gasteiger partial charge in [-0.3, -0.25) is 24.2 Å². The van der Waals surface area contributed by atoms with Gasteiger partial charge in [-0.15, -0.1) is 0 Å². The summed E-state index contributed by atoms with van der Waals surface area (Å²) < 4.78 is 25.7. The van der Waals surface area contributed by atoms with Crippen molar-refractivity contribution in [3.63, 3.8) is 0 Å². The highest BCUT2D eigenvalue weighted by Crippen LogP contribution is 2.33. The van der Waals surface area contributed by atoms with E-state index in [1.165, 1.54) is 6.20 Å². The molecule has 1 aliphatic rings. The lowest BCUT2D eigenvalue weighted by atomic mass is 9.89. The number of nitrogens with zero attached hydrogens (tertiary/aromatic N) is 2. The Hall–Kier alpha value is -3.21. The van der Waals surface area contributed by atoms with Gasteiger partial charge in [0.05, 0.1) is 30.6 Å². The second-order valence-corrected chi connectivity index (χ2v) is 10.4. The molecule has 2 amide bonds. The van der Waals surface area contributed by atoms with Crippen LogP contribution >= 0.6 is 11.6 Å². The molecule has 0 saturated heterocycles. The molecule has 0 saturated carbocycles. The molecule has 1 aromatic heterocycles. The number of fused-ring (bicyclic) bond motifs is 2. The second-order valence-electron chi connectivity index (χ2n) is 8.22. The fraction of sp³-hybridized carbons (Fsp3) is 0.261. The van der Waals surface area contributed by atoms with Crippen LogP contribution in [-0.4, -0.2) is 56.5 Å². The number of halogens is 1. The van der Waals surface area contributed by atoms with Gasteiger partial charge in [-0.25, -0.2) is 8.42 Å². The van der Waals surface area contributed by atoms with E-state index in [4.69, 9.17) is 11.6 Å². The fourth-order valence-corrected chi connectivity index (χ4v) is 4.82. The largest absolute Gasteiger partial charge is 0.358 e. The number of rotatable bonds is 6. The monoisotopic (exact) mass is 501 g/mol. The van der Waals surface area contributed by atoms with E-state index in [9.17, 15) is 18.0 Å². The first-order valence-corrected chi connectivity index (χ1v) is 12.8. The lowest BCUT2D eigenvalue weighted by Gasteiger charge is -2.33. The summed E-state index contributed by atoms with van der Waals surface area (Å²) >= 11 is 6.22. The number of carbonyl (C=O) groups excluding carboxylic acids is 2. The van der Waals surface area contributed by atoms with Gasteiger partial charge in [-0.2, -0.15) is 0 Å². The van der Waals surface area contributed by atoms with Crippen molar-refractivity contribution in [3.8, 4) is 0 Å². The van der Waals surface area contributed by atoms with Crippen LogP contribution in [0, 0.1) is 0 Å². The average molecular weight is 502 g/mol. The van der Waals surface area contributed by atoms with Gasteiger partial charge in [0, 0.05) is 47.8 Å². The average Bonchev–Trinajstić information content (AvgIpc) is 2.78. The van der Waals surface area contributed by atoms with Crippen molar-refractivity contribution in [1.29, 1.82) is 0 Å². The first-order chi connectivity index (χ1) is 16.1.